The Labute approximate surface area is 135 Å². The first-order valence-electron chi connectivity index (χ1n) is 7.56. The molecule has 0 aliphatic rings. The number of carbonyl (C=O) groups is 3. The van der Waals surface area contributed by atoms with Crippen LogP contribution >= 0.6 is 0 Å². The lowest BCUT2D eigenvalue weighted by Crippen LogP contribution is -2.12. The Bertz CT molecular complexity index is 719. The van der Waals surface area contributed by atoms with E-state index in [9.17, 15) is 14.4 Å². The van der Waals surface area contributed by atoms with E-state index < -0.39 is 0 Å². The van der Waals surface area contributed by atoms with Gasteiger partial charge in [-0.25, -0.2) is 0 Å². The van der Waals surface area contributed by atoms with Gasteiger partial charge in [0, 0.05) is 17.5 Å². The van der Waals surface area contributed by atoms with Crippen LogP contribution in [0.4, 0.5) is 0 Å². The van der Waals surface area contributed by atoms with Crippen molar-refractivity contribution in [3.8, 4) is 5.75 Å². The van der Waals surface area contributed by atoms with Gasteiger partial charge in [-0.05, 0) is 18.6 Å². The summed E-state index contributed by atoms with van der Waals surface area (Å²) in [6.45, 7) is 1.99. The van der Waals surface area contributed by atoms with E-state index in [4.69, 9.17) is 4.74 Å². The van der Waals surface area contributed by atoms with Gasteiger partial charge in [0.2, 0.25) is 0 Å². The number of ketones is 1. The van der Waals surface area contributed by atoms with Gasteiger partial charge in [0.05, 0.1) is 5.56 Å². The number of esters is 1. The van der Waals surface area contributed by atoms with Gasteiger partial charge in [0.1, 0.15) is 5.75 Å². The van der Waals surface area contributed by atoms with Crippen LogP contribution in [0, 0.1) is 0 Å². The molecule has 0 bridgehead atoms. The highest BCUT2D eigenvalue weighted by atomic mass is 16.5. The number of rotatable bonds is 7. The van der Waals surface area contributed by atoms with Gasteiger partial charge >= 0.3 is 5.97 Å². The minimum atomic E-state index is -0.365. The maximum Gasteiger partial charge on any atom is 0.311 e. The topological polar surface area (TPSA) is 60.4 Å². The summed E-state index contributed by atoms with van der Waals surface area (Å²) in [5, 5.41) is 0. The summed E-state index contributed by atoms with van der Waals surface area (Å²) in [5.41, 5.74) is 0.871. The molecule has 4 nitrogen and oxygen atoms in total. The lowest BCUT2D eigenvalue weighted by Gasteiger charge is -2.10. The van der Waals surface area contributed by atoms with Crippen molar-refractivity contribution >= 4 is 18.0 Å². The second-order valence-electron chi connectivity index (χ2n) is 5.11. The minimum absolute atomic E-state index is 0.222. The molecule has 0 saturated carbocycles. The molecule has 118 valence electrons. The fourth-order valence-electron chi connectivity index (χ4n) is 2.19. The molecule has 0 radical (unpaired) electrons. The van der Waals surface area contributed by atoms with Gasteiger partial charge in [0.15, 0.2) is 12.1 Å². The molecule has 0 spiro atoms. The van der Waals surface area contributed by atoms with Gasteiger partial charge < -0.3 is 4.74 Å². The summed E-state index contributed by atoms with van der Waals surface area (Å²) in [6, 6.07) is 13.1. The SMILES string of the molecule is CCCCC(=O)Oc1ccccc1C(=O)c1ccccc1C=O. The van der Waals surface area contributed by atoms with Crippen molar-refractivity contribution in [2.75, 3.05) is 0 Å². The highest BCUT2D eigenvalue weighted by Gasteiger charge is 2.18. The van der Waals surface area contributed by atoms with Crippen LogP contribution in [0.2, 0.25) is 0 Å². The molecule has 2 aromatic rings. The summed E-state index contributed by atoms with van der Waals surface area (Å²) < 4.78 is 5.32. The number of para-hydroxylation sites is 1. The van der Waals surface area contributed by atoms with E-state index in [1.54, 1.807) is 48.5 Å². The van der Waals surface area contributed by atoms with Crippen LogP contribution in [0.3, 0.4) is 0 Å². The van der Waals surface area contributed by atoms with Gasteiger partial charge in [-0.1, -0.05) is 49.7 Å². The molecule has 0 aromatic heterocycles. The zero-order valence-corrected chi connectivity index (χ0v) is 13.0. The van der Waals surface area contributed by atoms with Crippen molar-refractivity contribution < 1.29 is 19.1 Å². The van der Waals surface area contributed by atoms with Crippen LogP contribution in [-0.2, 0) is 4.79 Å². The molecule has 2 aromatic carbocycles. The maximum atomic E-state index is 12.7. The average Bonchev–Trinajstić information content (AvgIpc) is 2.59. The predicted molar refractivity (Wildman–Crippen MR) is 86.9 cm³/mol. The van der Waals surface area contributed by atoms with Crippen molar-refractivity contribution in [2.45, 2.75) is 26.2 Å². The lowest BCUT2D eigenvalue weighted by atomic mass is 9.98. The van der Waals surface area contributed by atoms with Crippen molar-refractivity contribution in [3.63, 3.8) is 0 Å². The van der Waals surface area contributed by atoms with Crippen LogP contribution in [-0.4, -0.2) is 18.0 Å². The Morgan fingerprint density at radius 3 is 2.35 bits per heavy atom. The van der Waals surface area contributed by atoms with E-state index in [1.165, 1.54) is 0 Å². The number of hydrogen-bond acceptors (Lipinski definition) is 4. The van der Waals surface area contributed by atoms with Crippen LogP contribution in [0.1, 0.15) is 52.5 Å². The lowest BCUT2D eigenvalue weighted by molar-refractivity contribution is -0.134. The third-order valence-electron chi connectivity index (χ3n) is 3.42. The van der Waals surface area contributed by atoms with Crippen LogP contribution < -0.4 is 4.74 Å². The van der Waals surface area contributed by atoms with E-state index >= 15 is 0 Å². The monoisotopic (exact) mass is 310 g/mol. The Morgan fingerprint density at radius 2 is 1.65 bits per heavy atom. The molecule has 0 N–H and O–H groups in total. The Hall–Kier alpha value is -2.75. The molecule has 0 unspecified atom stereocenters. The molecule has 0 aliphatic heterocycles. The fraction of sp³-hybridized carbons (Fsp3) is 0.211. The largest absolute Gasteiger partial charge is 0.426 e. The van der Waals surface area contributed by atoms with Gasteiger partial charge in [-0.2, -0.15) is 0 Å². The zero-order chi connectivity index (χ0) is 16.7. The van der Waals surface area contributed by atoms with Gasteiger partial charge in [-0.3, -0.25) is 14.4 Å². The van der Waals surface area contributed by atoms with Gasteiger partial charge in [0.25, 0.3) is 0 Å². The van der Waals surface area contributed by atoms with Crippen LogP contribution in [0.15, 0.2) is 48.5 Å². The number of benzene rings is 2. The zero-order valence-electron chi connectivity index (χ0n) is 13.0. The van der Waals surface area contributed by atoms with Crippen molar-refractivity contribution in [3.05, 3.63) is 65.2 Å². The summed E-state index contributed by atoms with van der Waals surface area (Å²) >= 11 is 0. The van der Waals surface area contributed by atoms with E-state index in [0.717, 1.165) is 12.8 Å². The molecule has 0 saturated heterocycles. The number of ether oxygens (including phenoxy) is 1. The van der Waals surface area contributed by atoms with Crippen molar-refractivity contribution in [1.29, 1.82) is 0 Å². The second-order valence-corrected chi connectivity index (χ2v) is 5.11. The van der Waals surface area contributed by atoms with Gasteiger partial charge in [-0.15, -0.1) is 0 Å². The molecule has 0 atom stereocenters. The predicted octanol–water partition coefficient (Wildman–Crippen LogP) is 3.83. The van der Waals surface area contributed by atoms with E-state index in [-0.39, 0.29) is 23.1 Å². The number of unbranched alkanes of at least 4 members (excludes halogenated alkanes) is 1. The fourth-order valence-corrected chi connectivity index (χ4v) is 2.19. The smallest absolute Gasteiger partial charge is 0.311 e. The Kier molecular flexibility index (Phi) is 5.80. The highest BCUT2D eigenvalue weighted by Crippen LogP contribution is 2.23. The third-order valence-corrected chi connectivity index (χ3v) is 3.42. The summed E-state index contributed by atoms with van der Waals surface area (Å²) in [6.07, 6.45) is 2.58. The number of hydrogen-bond donors (Lipinski definition) is 0. The minimum Gasteiger partial charge on any atom is -0.426 e. The molecule has 23 heavy (non-hydrogen) atoms. The van der Waals surface area contributed by atoms with Crippen molar-refractivity contribution in [2.24, 2.45) is 0 Å². The molecule has 0 aliphatic carbocycles. The van der Waals surface area contributed by atoms with E-state index in [0.29, 0.717) is 23.8 Å². The molecule has 0 fully saturated rings. The molecular formula is C19H18O4. The van der Waals surface area contributed by atoms with Crippen LogP contribution in [0.5, 0.6) is 5.75 Å². The second kappa shape index (κ2) is 8.03. The summed E-state index contributed by atoms with van der Waals surface area (Å²) in [4.78, 5) is 35.6. The quantitative estimate of drug-likeness (QED) is 0.337. The standard InChI is InChI=1S/C19H18O4/c1-2-3-12-18(21)23-17-11-7-6-10-16(17)19(22)15-9-5-4-8-14(15)13-20/h4-11,13H,2-3,12H2,1H3. The Morgan fingerprint density at radius 1 is 1.00 bits per heavy atom. The summed E-state index contributed by atoms with van der Waals surface area (Å²) in [5.74, 6) is -0.485. The summed E-state index contributed by atoms with van der Waals surface area (Å²) in [7, 11) is 0. The van der Waals surface area contributed by atoms with E-state index in [1.807, 2.05) is 6.92 Å². The number of carbonyl (C=O) groups excluding carboxylic acids is 3. The third kappa shape index (κ3) is 4.13. The van der Waals surface area contributed by atoms with E-state index in [2.05, 4.69) is 0 Å². The first-order valence-corrected chi connectivity index (χ1v) is 7.56. The normalized spacial score (nSPS) is 10.1. The Balaban J connectivity index is 2.31. The molecule has 4 heteroatoms. The maximum absolute atomic E-state index is 12.7. The van der Waals surface area contributed by atoms with Crippen LogP contribution in [0.25, 0.3) is 0 Å². The van der Waals surface area contributed by atoms with Crippen molar-refractivity contribution in [1.82, 2.24) is 0 Å². The molecule has 2 rings (SSSR count). The number of aldehydes is 1. The molecule has 0 amide bonds. The average molecular weight is 310 g/mol. The highest BCUT2D eigenvalue weighted by molar-refractivity contribution is 6.14. The first-order chi connectivity index (χ1) is 11.2. The molecule has 0 heterocycles. The molecular weight excluding hydrogens is 292 g/mol. The first kappa shape index (κ1) is 16.6.